The Hall–Kier alpha value is -3.00. The van der Waals surface area contributed by atoms with E-state index < -0.39 is 11.6 Å². The summed E-state index contributed by atoms with van der Waals surface area (Å²) >= 11 is 5.64. The summed E-state index contributed by atoms with van der Waals surface area (Å²) in [5.74, 6) is -0.0522. The highest BCUT2D eigenvalue weighted by atomic mass is 35.5. The zero-order valence-electron chi connectivity index (χ0n) is 16.2. The Kier molecular flexibility index (Phi) is 4.69. The average molecular weight is 447 g/mol. The normalized spacial score (nSPS) is 23.6. The number of ether oxygens (including phenoxy) is 2. The first-order chi connectivity index (χ1) is 14.8. The predicted molar refractivity (Wildman–Crippen MR) is 105 cm³/mol. The quantitative estimate of drug-likeness (QED) is 0.470. The average Bonchev–Trinajstić information content (AvgIpc) is 3.12. The summed E-state index contributed by atoms with van der Waals surface area (Å²) in [7, 11) is 0. The Morgan fingerprint density at radius 3 is 2.65 bits per heavy atom. The van der Waals surface area contributed by atoms with Crippen LogP contribution in [0.2, 0.25) is 5.02 Å². The minimum atomic E-state index is -0.590. The number of nitrogens with zero attached hydrogens (tertiary/aromatic N) is 2. The number of carbonyl (C=O) groups excluding carboxylic acids is 1. The first-order valence-electron chi connectivity index (χ1n) is 9.72. The highest BCUT2D eigenvalue weighted by molar-refractivity contribution is 6.30. The van der Waals surface area contributed by atoms with Gasteiger partial charge in [0, 0.05) is 18.6 Å². The van der Waals surface area contributed by atoms with Gasteiger partial charge in [0.05, 0.1) is 10.4 Å². The van der Waals surface area contributed by atoms with E-state index in [0.29, 0.717) is 12.3 Å². The summed E-state index contributed by atoms with van der Waals surface area (Å²) in [6.45, 7) is -0.123. The Morgan fingerprint density at radius 2 is 1.90 bits per heavy atom. The summed E-state index contributed by atoms with van der Waals surface area (Å²) in [4.78, 5) is 12.3. The zero-order chi connectivity index (χ0) is 21.6. The maximum Gasteiger partial charge on any atom is 0.420 e. The van der Waals surface area contributed by atoms with Crippen LogP contribution >= 0.6 is 11.6 Å². The molecule has 0 amide bonds. The molecule has 6 rings (SSSR count). The van der Waals surface area contributed by atoms with E-state index in [9.17, 15) is 13.6 Å². The molecule has 9 heteroatoms. The molecule has 3 aliphatic rings. The van der Waals surface area contributed by atoms with Gasteiger partial charge in [-0.3, -0.25) is 4.79 Å². The van der Waals surface area contributed by atoms with Crippen molar-refractivity contribution in [2.75, 3.05) is 6.61 Å². The molecule has 3 aliphatic carbocycles. The lowest BCUT2D eigenvalue weighted by molar-refractivity contribution is -0.168. The second-order valence-corrected chi connectivity index (χ2v) is 8.73. The smallest absolute Gasteiger partial charge is 0.420 e. The van der Waals surface area contributed by atoms with Gasteiger partial charge in [-0.1, -0.05) is 22.8 Å². The van der Waals surface area contributed by atoms with Gasteiger partial charge in [-0.25, -0.2) is 8.78 Å². The molecule has 0 spiro atoms. The number of hydrogen-bond donors (Lipinski definition) is 0. The molecule has 0 radical (unpaired) electrons. The third-order valence-corrected chi connectivity index (χ3v) is 6.17. The van der Waals surface area contributed by atoms with Crippen LogP contribution in [-0.2, 0) is 10.2 Å². The number of rotatable bonds is 8. The molecular formula is C22H17ClF2N2O4. The molecule has 0 N–H and O–H groups in total. The van der Waals surface area contributed by atoms with Crippen molar-refractivity contribution in [1.82, 2.24) is 10.2 Å². The van der Waals surface area contributed by atoms with Crippen LogP contribution in [-0.4, -0.2) is 22.6 Å². The van der Waals surface area contributed by atoms with Gasteiger partial charge in [-0.05, 0) is 48.9 Å². The highest BCUT2D eigenvalue weighted by Crippen LogP contribution is 2.74. The third kappa shape index (κ3) is 3.76. The van der Waals surface area contributed by atoms with Crippen molar-refractivity contribution < 1.29 is 27.5 Å². The second-order valence-electron chi connectivity index (χ2n) is 8.32. The van der Waals surface area contributed by atoms with E-state index in [1.54, 1.807) is 6.07 Å². The molecule has 2 aromatic carbocycles. The van der Waals surface area contributed by atoms with Crippen LogP contribution in [0, 0.1) is 17.0 Å². The van der Waals surface area contributed by atoms with Crippen LogP contribution < -0.4 is 9.47 Å². The van der Waals surface area contributed by atoms with Gasteiger partial charge in [-0.2, -0.15) is 0 Å². The number of carbonyl (C=O) groups is 1. The van der Waals surface area contributed by atoms with Crippen LogP contribution in [0.3, 0.4) is 0 Å². The maximum atomic E-state index is 13.4. The van der Waals surface area contributed by atoms with E-state index in [1.807, 2.05) is 0 Å². The van der Waals surface area contributed by atoms with Gasteiger partial charge in [0.2, 0.25) is 5.89 Å². The minimum absolute atomic E-state index is 0.00311. The Labute approximate surface area is 181 Å². The molecule has 3 fully saturated rings. The van der Waals surface area contributed by atoms with Crippen LogP contribution in [0.1, 0.15) is 31.6 Å². The SMILES string of the molecule is O=C(COc1ccc(Cl)c(F)c1)CC12CC(c3nnc(Oc4cccc(F)c4)o3)(C1)C2. The van der Waals surface area contributed by atoms with Gasteiger partial charge in [0.25, 0.3) is 0 Å². The molecule has 6 nitrogen and oxygen atoms in total. The van der Waals surface area contributed by atoms with Crippen molar-refractivity contribution >= 4 is 17.4 Å². The number of aromatic nitrogens is 2. The van der Waals surface area contributed by atoms with E-state index in [1.165, 1.54) is 30.3 Å². The lowest BCUT2D eigenvalue weighted by atomic mass is 9.34. The molecule has 31 heavy (non-hydrogen) atoms. The topological polar surface area (TPSA) is 74.5 Å². The summed E-state index contributed by atoms with van der Waals surface area (Å²) in [5.41, 5.74) is -0.305. The summed E-state index contributed by atoms with van der Waals surface area (Å²) < 4.78 is 43.1. The first-order valence-corrected chi connectivity index (χ1v) is 10.1. The molecule has 0 atom stereocenters. The summed E-state index contributed by atoms with van der Waals surface area (Å²) in [5, 5.41) is 7.97. The summed E-state index contributed by atoms with van der Waals surface area (Å²) in [6, 6.07) is 9.72. The molecule has 1 aromatic heterocycles. The van der Waals surface area contributed by atoms with Crippen molar-refractivity contribution in [3.8, 4) is 17.6 Å². The number of Topliss-reactive ketones (excluding diaryl/α,β-unsaturated/α-hetero) is 1. The molecule has 0 saturated heterocycles. The van der Waals surface area contributed by atoms with E-state index in [-0.39, 0.29) is 45.8 Å². The monoisotopic (exact) mass is 446 g/mol. The predicted octanol–water partition coefficient (Wildman–Crippen LogP) is 5.25. The fourth-order valence-corrected chi connectivity index (χ4v) is 4.83. The van der Waals surface area contributed by atoms with Crippen LogP contribution in [0.4, 0.5) is 8.78 Å². The highest BCUT2D eigenvalue weighted by Gasteiger charge is 2.71. The van der Waals surface area contributed by atoms with Crippen molar-refractivity contribution in [1.29, 1.82) is 0 Å². The fraction of sp³-hybridized carbons (Fsp3) is 0.318. The standard InChI is InChI=1S/C22H17ClF2N2O4/c23-17-5-4-15(7-18(17)25)29-9-14(28)8-21-10-22(11-21,12-21)19-26-27-20(31-19)30-16-3-1-2-13(24)6-16/h1-7H,8-12H2. The number of benzene rings is 2. The summed E-state index contributed by atoms with van der Waals surface area (Å²) in [6.07, 6.45) is 2.64. The Bertz CT molecular complexity index is 1150. The van der Waals surface area contributed by atoms with Gasteiger partial charge < -0.3 is 13.9 Å². The van der Waals surface area contributed by atoms with E-state index >= 15 is 0 Å². The Balaban J connectivity index is 1.13. The molecule has 0 aliphatic heterocycles. The van der Waals surface area contributed by atoms with Crippen molar-refractivity contribution in [3.05, 3.63) is 65.0 Å². The van der Waals surface area contributed by atoms with Crippen LogP contribution in [0.5, 0.6) is 17.6 Å². The Morgan fingerprint density at radius 1 is 1.10 bits per heavy atom. The fourth-order valence-electron chi connectivity index (χ4n) is 4.71. The molecule has 160 valence electrons. The molecule has 3 saturated carbocycles. The number of halogens is 3. The lowest BCUT2D eigenvalue weighted by Crippen LogP contribution is -2.65. The number of ketones is 1. The minimum Gasteiger partial charge on any atom is -0.486 e. The van der Waals surface area contributed by atoms with Gasteiger partial charge in [-0.15, -0.1) is 5.10 Å². The lowest BCUT2D eigenvalue weighted by Gasteiger charge is -2.68. The van der Waals surface area contributed by atoms with Crippen molar-refractivity contribution in [3.63, 3.8) is 0 Å². The second kappa shape index (κ2) is 7.30. The van der Waals surface area contributed by atoms with E-state index in [0.717, 1.165) is 25.3 Å². The third-order valence-electron chi connectivity index (χ3n) is 5.86. The van der Waals surface area contributed by atoms with Crippen LogP contribution in [0.15, 0.2) is 46.9 Å². The molecule has 3 aromatic rings. The van der Waals surface area contributed by atoms with Gasteiger partial charge in [0.15, 0.2) is 5.78 Å². The van der Waals surface area contributed by atoms with Crippen molar-refractivity contribution in [2.45, 2.75) is 31.1 Å². The maximum absolute atomic E-state index is 13.4. The molecule has 2 bridgehead atoms. The van der Waals surface area contributed by atoms with Crippen molar-refractivity contribution in [2.24, 2.45) is 5.41 Å². The van der Waals surface area contributed by atoms with Gasteiger partial charge >= 0.3 is 6.08 Å². The van der Waals surface area contributed by atoms with E-state index in [2.05, 4.69) is 10.2 Å². The van der Waals surface area contributed by atoms with Crippen LogP contribution in [0.25, 0.3) is 0 Å². The molecule has 1 heterocycles. The zero-order valence-corrected chi connectivity index (χ0v) is 17.0. The largest absolute Gasteiger partial charge is 0.486 e. The number of hydrogen-bond acceptors (Lipinski definition) is 6. The van der Waals surface area contributed by atoms with E-state index in [4.69, 9.17) is 25.5 Å². The first kappa shape index (κ1) is 19.9. The molecule has 0 unspecified atom stereocenters. The van der Waals surface area contributed by atoms with Gasteiger partial charge in [0.1, 0.15) is 29.7 Å². The molecular weight excluding hydrogens is 430 g/mol.